The van der Waals surface area contributed by atoms with E-state index in [1.807, 2.05) is 11.6 Å². The van der Waals surface area contributed by atoms with Crippen molar-refractivity contribution in [1.82, 2.24) is 24.6 Å². The number of nitrogens with one attached hydrogen (secondary N) is 1. The molecule has 0 aromatic carbocycles. The van der Waals surface area contributed by atoms with E-state index in [1.54, 1.807) is 0 Å². The molecule has 0 spiro atoms. The molecule has 2 heterocycles. The van der Waals surface area contributed by atoms with E-state index < -0.39 is 0 Å². The number of aryl methyl sites for hydroxylation is 3. The van der Waals surface area contributed by atoms with Gasteiger partial charge in [-0.05, 0) is 47.3 Å². The third-order valence-corrected chi connectivity index (χ3v) is 3.65. The number of nitrogens with zero attached hydrogens (tertiary/aromatic N) is 5. The Morgan fingerprint density at radius 3 is 2.59 bits per heavy atom. The summed E-state index contributed by atoms with van der Waals surface area (Å²) in [5.41, 5.74) is 2.99. The molecule has 0 aliphatic rings. The van der Waals surface area contributed by atoms with E-state index in [0.29, 0.717) is 0 Å². The van der Waals surface area contributed by atoms with Gasteiger partial charge in [-0.2, -0.15) is 5.10 Å². The Kier molecular flexibility index (Phi) is 5.71. The zero-order valence-electron chi connectivity index (χ0n) is 14.5. The van der Waals surface area contributed by atoms with Crippen LogP contribution in [0.4, 0.5) is 5.82 Å². The standard InChI is InChI=1S/C16H28N6/c1-6-9-13-18-14-12(3)20-22(7-2)15(14)16(19-13)17-10-8-11-21(4)5/h6-11H2,1-5H3,(H,17,18,19). The summed E-state index contributed by atoms with van der Waals surface area (Å²) in [7, 11) is 4.19. The fraction of sp³-hybridized carbons (Fsp3) is 0.688. The zero-order valence-corrected chi connectivity index (χ0v) is 14.5. The zero-order chi connectivity index (χ0) is 16.1. The molecule has 0 aliphatic carbocycles. The first-order valence-corrected chi connectivity index (χ1v) is 8.19. The Labute approximate surface area is 132 Å². The first kappa shape index (κ1) is 16.7. The molecule has 0 aliphatic heterocycles. The second-order valence-corrected chi connectivity index (χ2v) is 5.92. The van der Waals surface area contributed by atoms with Gasteiger partial charge in [0, 0.05) is 19.5 Å². The maximum absolute atomic E-state index is 4.73. The molecule has 2 aromatic rings. The van der Waals surface area contributed by atoms with E-state index in [4.69, 9.17) is 9.97 Å². The topological polar surface area (TPSA) is 58.9 Å². The van der Waals surface area contributed by atoms with Crippen molar-refractivity contribution in [1.29, 1.82) is 0 Å². The summed E-state index contributed by atoms with van der Waals surface area (Å²) in [5, 5.41) is 8.08. The van der Waals surface area contributed by atoms with Crippen LogP contribution < -0.4 is 5.32 Å². The van der Waals surface area contributed by atoms with Crippen LogP contribution in [0.1, 0.15) is 38.2 Å². The van der Waals surface area contributed by atoms with Crippen molar-refractivity contribution in [3.63, 3.8) is 0 Å². The highest BCUT2D eigenvalue weighted by atomic mass is 15.3. The minimum atomic E-state index is 0.827. The van der Waals surface area contributed by atoms with Gasteiger partial charge >= 0.3 is 0 Å². The molecule has 2 rings (SSSR count). The van der Waals surface area contributed by atoms with E-state index in [1.165, 1.54) is 0 Å². The van der Waals surface area contributed by atoms with Crippen molar-refractivity contribution in [2.45, 2.75) is 46.6 Å². The molecular weight excluding hydrogens is 276 g/mol. The van der Waals surface area contributed by atoms with E-state index in [2.05, 4.69) is 43.3 Å². The molecule has 1 N–H and O–H groups in total. The number of aromatic nitrogens is 4. The Morgan fingerprint density at radius 2 is 1.95 bits per heavy atom. The molecule has 0 saturated heterocycles. The second kappa shape index (κ2) is 7.54. The SMILES string of the molecule is CCCc1nc(NCCCN(C)C)c2c(n1)c(C)nn2CC. The summed E-state index contributed by atoms with van der Waals surface area (Å²) in [6.07, 6.45) is 3.03. The van der Waals surface area contributed by atoms with Crippen LogP contribution in [-0.4, -0.2) is 51.8 Å². The average Bonchev–Trinajstić information content (AvgIpc) is 2.80. The fourth-order valence-corrected chi connectivity index (χ4v) is 2.57. The number of hydrogen-bond donors (Lipinski definition) is 1. The number of rotatable bonds is 8. The fourth-order valence-electron chi connectivity index (χ4n) is 2.57. The van der Waals surface area contributed by atoms with Gasteiger partial charge in [0.05, 0.1) is 5.69 Å². The monoisotopic (exact) mass is 304 g/mol. The molecule has 2 aromatic heterocycles. The van der Waals surface area contributed by atoms with Crippen LogP contribution >= 0.6 is 0 Å². The van der Waals surface area contributed by atoms with Crippen LogP contribution in [0.2, 0.25) is 0 Å². The lowest BCUT2D eigenvalue weighted by molar-refractivity contribution is 0.405. The lowest BCUT2D eigenvalue weighted by Crippen LogP contribution is -2.17. The molecule has 0 amide bonds. The highest BCUT2D eigenvalue weighted by Crippen LogP contribution is 2.23. The molecule has 0 bridgehead atoms. The first-order valence-electron chi connectivity index (χ1n) is 8.19. The highest BCUT2D eigenvalue weighted by molar-refractivity contribution is 5.87. The van der Waals surface area contributed by atoms with E-state index in [0.717, 1.165) is 67.3 Å². The predicted molar refractivity (Wildman–Crippen MR) is 91.4 cm³/mol. The lowest BCUT2D eigenvalue weighted by atomic mass is 10.3. The smallest absolute Gasteiger partial charge is 0.156 e. The van der Waals surface area contributed by atoms with Gasteiger partial charge in [0.25, 0.3) is 0 Å². The molecule has 0 fully saturated rings. The summed E-state index contributed by atoms with van der Waals surface area (Å²) >= 11 is 0. The predicted octanol–water partition coefficient (Wildman–Crippen LogP) is 2.47. The van der Waals surface area contributed by atoms with Crippen molar-refractivity contribution >= 4 is 16.9 Å². The van der Waals surface area contributed by atoms with E-state index >= 15 is 0 Å². The van der Waals surface area contributed by atoms with Crippen LogP contribution in [0, 0.1) is 6.92 Å². The molecule has 0 radical (unpaired) electrons. The third-order valence-electron chi connectivity index (χ3n) is 3.65. The van der Waals surface area contributed by atoms with Gasteiger partial charge in [-0.1, -0.05) is 6.92 Å². The summed E-state index contributed by atoms with van der Waals surface area (Å²) in [6.45, 7) is 9.07. The molecule has 122 valence electrons. The quantitative estimate of drug-likeness (QED) is 0.759. The first-order chi connectivity index (χ1) is 10.6. The molecular formula is C16H28N6. The van der Waals surface area contributed by atoms with Gasteiger partial charge in [-0.15, -0.1) is 0 Å². The van der Waals surface area contributed by atoms with Crippen molar-refractivity contribution in [2.75, 3.05) is 32.5 Å². The van der Waals surface area contributed by atoms with Gasteiger partial charge in [-0.3, -0.25) is 4.68 Å². The number of hydrogen-bond acceptors (Lipinski definition) is 5. The Balaban J connectivity index is 2.31. The summed E-state index contributed by atoms with van der Waals surface area (Å²) in [6, 6.07) is 0. The van der Waals surface area contributed by atoms with Crippen LogP contribution in [0.3, 0.4) is 0 Å². The van der Waals surface area contributed by atoms with Crippen molar-refractivity contribution < 1.29 is 0 Å². The second-order valence-electron chi connectivity index (χ2n) is 5.92. The van der Waals surface area contributed by atoms with Gasteiger partial charge in [0.1, 0.15) is 16.9 Å². The Morgan fingerprint density at radius 1 is 1.18 bits per heavy atom. The van der Waals surface area contributed by atoms with E-state index in [-0.39, 0.29) is 0 Å². The molecule has 0 unspecified atom stereocenters. The van der Waals surface area contributed by atoms with Crippen molar-refractivity contribution in [2.24, 2.45) is 0 Å². The van der Waals surface area contributed by atoms with Gasteiger partial charge in [-0.25, -0.2) is 9.97 Å². The molecule has 0 saturated carbocycles. The average molecular weight is 304 g/mol. The normalized spacial score (nSPS) is 11.5. The molecule has 22 heavy (non-hydrogen) atoms. The minimum absolute atomic E-state index is 0.827. The lowest BCUT2D eigenvalue weighted by Gasteiger charge is -2.12. The molecule has 6 heteroatoms. The van der Waals surface area contributed by atoms with Crippen LogP contribution in [0.25, 0.3) is 11.0 Å². The summed E-state index contributed by atoms with van der Waals surface area (Å²) in [4.78, 5) is 11.6. The van der Waals surface area contributed by atoms with Crippen LogP contribution in [-0.2, 0) is 13.0 Å². The highest BCUT2D eigenvalue weighted by Gasteiger charge is 2.15. The van der Waals surface area contributed by atoms with E-state index in [9.17, 15) is 0 Å². The van der Waals surface area contributed by atoms with Crippen LogP contribution in [0.15, 0.2) is 0 Å². The largest absolute Gasteiger partial charge is 0.368 e. The summed E-state index contributed by atoms with van der Waals surface area (Å²) in [5.74, 6) is 1.83. The van der Waals surface area contributed by atoms with Crippen LogP contribution in [0.5, 0.6) is 0 Å². The maximum Gasteiger partial charge on any atom is 0.156 e. The minimum Gasteiger partial charge on any atom is -0.368 e. The Hall–Kier alpha value is -1.69. The number of fused-ring (bicyclic) bond motifs is 1. The van der Waals surface area contributed by atoms with Crippen molar-refractivity contribution in [3.8, 4) is 0 Å². The van der Waals surface area contributed by atoms with Gasteiger partial charge in [0.15, 0.2) is 5.82 Å². The number of anilines is 1. The van der Waals surface area contributed by atoms with Crippen molar-refractivity contribution in [3.05, 3.63) is 11.5 Å². The molecule has 6 nitrogen and oxygen atoms in total. The Bertz CT molecular complexity index is 617. The third kappa shape index (κ3) is 3.74. The summed E-state index contributed by atoms with van der Waals surface area (Å²) < 4.78 is 1.99. The van der Waals surface area contributed by atoms with Gasteiger partial charge < -0.3 is 10.2 Å². The van der Waals surface area contributed by atoms with Gasteiger partial charge in [0.2, 0.25) is 0 Å². The molecule has 0 atom stereocenters. The maximum atomic E-state index is 4.73.